The molecule has 0 aliphatic heterocycles. The van der Waals surface area contributed by atoms with Gasteiger partial charge in [0, 0.05) is 23.9 Å². The lowest BCUT2D eigenvalue weighted by molar-refractivity contribution is -0.858. The molecular formula is C16H22BrClN2O2. The molecule has 1 aromatic carbocycles. The Kier molecular flexibility index (Phi) is 7.39. The minimum atomic E-state index is -0.266. The average molecular weight is 390 g/mol. The first-order chi connectivity index (χ1) is 10.1. The number of ether oxygens (including phenoxy) is 1. The van der Waals surface area contributed by atoms with Gasteiger partial charge in [-0.15, -0.1) is 0 Å². The zero-order valence-corrected chi connectivity index (χ0v) is 15.5. The van der Waals surface area contributed by atoms with Gasteiger partial charge in [0.1, 0.15) is 5.69 Å². The maximum atomic E-state index is 12.3. The number of aryl methyl sites for hydroxylation is 1. The van der Waals surface area contributed by atoms with Crippen LogP contribution < -0.4 is 17.3 Å². The van der Waals surface area contributed by atoms with Crippen molar-refractivity contribution in [2.75, 3.05) is 27.2 Å². The number of benzene rings is 1. The fourth-order valence-electron chi connectivity index (χ4n) is 2.48. The van der Waals surface area contributed by atoms with E-state index in [9.17, 15) is 4.79 Å². The van der Waals surface area contributed by atoms with Crippen LogP contribution in [0, 0.1) is 0 Å². The molecule has 0 bridgehead atoms. The summed E-state index contributed by atoms with van der Waals surface area (Å²) in [4.78, 5) is 13.7. The Morgan fingerprint density at radius 2 is 2.00 bits per heavy atom. The normalized spacial score (nSPS) is 10.8. The number of esters is 1. The number of hydrogen-bond donors (Lipinski definition) is 1. The molecule has 6 heteroatoms. The molecule has 0 aliphatic rings. The van der Waals surface area contributed by atoms with Crippen LogP contribution in [-0.4, -0.2) is 37.8 Å². The van der Waals surface area contributed by atoms with E-state index < -0.39 is 0 Å². The van der Waals surface area contributed by atoms with E-state index in [1.165, 1.54) is 4.90 Å². The highest BCUT2D eigenvalue weighted by Gasteiger charge is 2.22. The van der Waals surface area contributed by atoms with Crippen LogP contribution in [0.3, 0.4) is 0 Å². The third-order valence-electron chi connectivity index (χ3n) is 3.44. The molecular weight excluding hydrogens is 368 g/mol. The predicted octanol–water partition coefficient (Wildman–Crippen LogP) is -0.881. The van der Waals surface area contributed by atoms with Crippen molar-refractivity contribution in [2.24, 2.45) is 0 Å². The molecule has 2 aromatic rings. The van der Waals surface area contributed by atoms with Crippen LogP contribution in [0.1, 0.15) is 23.8 Å². The molecule has 0 spiro atoms. The van der Waals surface area contributed by atoms with Gasteiger partial charge in [-0.25, -0.2) is 4.79 Å². The lowest BCUT2D eigenvalue weighted by Crippen LogP contribution is -3.05. The van der Waals surface area contributed by atoms with Gasteiger partial charge in [0.2, 0.25) is 0 Å². The molecule has 0 fully saturated rings. The van der Waals surface area contributed by atoms with Gasteiger partial charge in [-0.05, 0) is 28.9 Å². The third-order valence-corrected chi connectivity index (χ3v) is 4.24. The fraction of sp³-hybridized carbons (Fsp3) is 0.438. The number of carbonyl (C=O) groups excluding carboxylic acids is 1. The van der Waals surface area contributed by atoms with Gasteiger partial charge in [-0.1, -0.05) is 18.2 Å². The molecule has 0 aliphatic carbocycles. The van der Waals surface area contributed by atoms with Gasteiger partial charge in [-0.2, -0.15) is 0 Å². The summed E-state index contributed by atoms with van der Waals surface area (Å²) in [6, 6.07) is 8.05. The van der Waals surface area contributed by atoms with E-state index in [0.717, 1.165) is 34.9 Å². The Labute approximate surface area is 146 Å². The molecule has 2 rings (SSSR count). The second kappa shape index (κ2) is 8.56. The number of rotatable bonds is 6. The van der Waals surface area contributed by atoms with Crippen LogP contribution in [0.5, 0.6) is 0 Å². The highest BCUT2D eigenvalue weighted by Crippen LogP contribution is 2.31. The molecule has 4 nitrogen and oxygen atoms in total. The van der Waals surface area contributed by atoms with Crippen LogP contribution in [0.4, 0.5) is 0 Å². The summed E-state index contributed by atoms with van der Waals surface area (Å²) in [5, 5.41) is 1.05. The molecule has 0 amide bonds. The summed E-state index contributed by atoms with van der Waals surface area (Å²) >= 11 is 3.57. The van der Waals surface area contributed by atoms with Crippen molar-refractivity contribution in [2.45, 2.75) is 19.9 Å². The van der Waals surface area contributed by atoms with E-state index in [1.54, 1.807) is 0 Å². The molecule has 1 heterocycles. The summed E-state index contributed by atoms with van der Waals surface area (Å²) in [5.41, 5.74) is 1.69. The standard InChI is InChI=1S/C16H21BrN2O2.ClH/c1-4-21-16(20)15-14(17)12-8-5-6-9-13(12)19(15)11-7-10-18(2)3;/h5-6,8-9H,4,7,10-11H2,1-3H3;1H. The van der Waals surface area contributed by atoms with Crippen molar-refractivity contribution < 1.29 is 26.8 Å². The number of fused-ring (bicyclic) bond motifs is 1. The topological polar surface area (TPSA) is 35.7 Å². The van der Waals surface area contributed by atoms with E-state index in [4.69, 9.17) is 4.74 Å². The van der Waals surface area contributed by atoms with Gasteiger partial charge in [0.15, 0.2) is 0 Å². The number of hydrogen-bond acceptors (Lipinski definition) is 2. The number of halogens is 2. The maximum absolute atomic E-state index is 12.3. The summed E-state index contributed by atoms with van der Waals surface area (Å²) in [6.07, 6.45) is 1.01. The average Bonchev–Trinajstić information content (AvgIpc) is 2.72. The molecule has 22 heavy (non-hydrogen) atoms. The first-order valence-corrected chi connectivity index (χ1v) is 8.08. The summed E-state index contributed by atoms with van der Waals surface area (Å²) < 4.78 is 8.11. The van der Waals surface area contributed by atoms with E-state index in [0.29, 0.717) is 12.3 Å². The quantitative estimate of drug-likeness (QED) is 0.651. The zero-order valence-electron chi connectivity index (χ0n) is 13.2. The molecule has 1 N–H and O–H groups in total. The van der Waals surface area contributed by atoms with Crippen LogP contribution >= 0.6 is 15.9 Å². The summed E-state index contributed by atoms with van der Waals surface area (Å²) in [7, 11) is 4.27. The number of carbonyl (C=O) groups is 1. The van der Waals surface area contributed by atoms with Crippen molar-refractivity contribution in [3.05, 3.63) is 34.4 Å². The number of nitrogens with one attached hydrogen (secondary N) is 1. The molecule has 0 saturated heterocycles. The lowest BCUT2D eigenvalue weighted by Gasteiger charge is -2.12. The highest BCUT2D eigenvalue weighted by atomic mass is 79.9. The first-order valence-electron chi connectivity index (χ1n) is 7.29. The Balaban J connectivity index is 0.00000242. The summed E-state index contributed by atoms with van der Waals surface area (Å²) in [5.74, 6) is -0.266. The second-order valence-corrected chi connectivity index (χ2v) is 6.16. The van der Waals surface area contributed by atoms with Gasteiger partial charge in [0.25, 0.3) is 0 Å². The zero-order chi connectivity index (χ0) is 15.4. The van der Waals surface area contributed by atoms with Crippen LogP contribution in [0.15, 0.2) is 28.7 Å². The van der Waals surface area contributed by atoms with Crippen molar-refractivity contribution in [3.8, 4) is 0 Å². The van der Waals surface area contributed by atoms with Gasteiger partial charge >= 0.3 is 5.97 Å². The molecule has 1 aromatic heterocycles. The van der Waals surface area contributed by atoms with Gasteiger partial charge in [0.05, 0.1) is 31.7 Å². The smallest absolute Gasteiger partial charge is 0.356 e. The van der Waals surface area contributed by atoms with E-state index in [-0.39, 0.29) is 18.4 Å². The van der Waals surface area contributed by atoms with Crippen LogP contribution in [0.25, 0.3) is 10.9 Å². The lowest BCUT2D eigenvalue weighted by atomic mass is 10.2. The number of nitrogens with zero attached hydrogens (tertiary/aromatic N) is 1. The van der Waals surface area contributed by atoms with Crippen LogP contribution in [-0.2, 0) is 11.3 Å². The highest BCUT2D eigenvalue weighted by molar-refractivity contribution is 9.10. The number of para-hydroxylation sites is 1. The molecule has 0 radical (unpaired) electrons. The predicted molar refractivity (Wildman–Crippen MR) is 87.9 cm³/mol. The Bertz CT molecular complexity index is 640. The Morgan fingerprint density at radius 3 is 2.64 bits per heavy atom. The Morgan fingerprint density at radius 1 is 1.32 bits per heavy atom. The minimum absolute atomic E-state index is 0. The van der Waals surface area contributed by atoms with E-state index >= 15 is 0 Å². The second-order valence-electron chi connectivity index (χ2n) is 5.36. The Hall–Kier alpha value is -1.04. The van der Waals surface area contributed by atoms with E-state index in [2.05, 4.69) is 34.6 Å². The van der Waals surface area contributed by atoms with Gasteiger partial charge < -0.3 is 26.6 Å². The number of aromatic nitrogens is 1. The van der Waals surface area contributed by atoms with Crippen molar-refractivity contribution in [1.29, 1.82) is 0 Å². The number of quaternary nitrogens is 1. The van der Waals surface area contributed by atoms with Crippen molar-refractivity contribution in [3.63, 3.8) is 0 Å². The maximum Gasteiger partial charge on any atom is 0.356 e. The SMILES string of the molecule is CCOC(=O)c1c(Br)c2ccccc2n1CCC[NH+](C)C.[Cl-]. The third kappa shape index (κ3) is 4.03. The van der Waals surface area contributed by atoms with Gasteiger partial charge in [-0.3, -0.25) is 0 Å². The fourth-order valence-corrected chi connectivity index (χ4v) is 3.19. The largest absolute Gasteiger partial charge is 1.00 e. The first kappa shape index (κ1) is 19.0. The molecule has 122 valence electrons. The van der Waals surface area contributed by atoms with Crippen molar-refractivity contribution >= 4 is 32.8 Å². The minimum Gasteiger partial charge on any atom is -1.00 e. The van der Waals surface area contributed by atoms with Crippen LogP contribution in [0.2, 0.25) is 0 Å². The molecule has 0 saturated carbocycles. The summed E-state index contributed by atoms with van der Waals surface area (Å²) in [6.45, 7) is 4.08. The monoisotopic (exact) mass is 388 g/mol. The van der Waals surface area contributed by atoms with E-state index in [1.807, 2.05) is 31.2 Å². The molecule has 0 atom stereocenters. The molecule has 0 unspecified atom stereocenters. The van der Waals surface area contributed by atoms with Crippen molar-refractivity contribution in [1.82, 2.24) is 4.57 Å².